The van der Waals surface area contributed by atoms with Gasteiger partial charge in [-0.1, -0.05) is 30.7 Å². The van der Waals surface area contributed by atoms with Crippen LogP contribution in [0.3, 0.4) is 0 Å². The molecule has 1 aromatic heterocycles. The summed E-state index contributed by atoms with van der Waals surface area (Å²) >= 11 is 5.83. The van der Waals surface area contributed by atoms with E-state index in [9.17, 15) is 0 Å². The van der Waals surface area contributed by atoms with Crippen molar-refractivity contribution in [2.24, 2.45) is 0 Å². The van der Waals surface area contributed by atoms with Gasteiger partial charge in [-0.3, -0.25) is 0 Å². The van der Waals surface area contributed by atoms with E-state index in [0.717, 1.165) is 10.7 Å². The lowest BCUT2D eigenvalue weighted by Crippen LogP contribution is -1.99. The Morgan fingerprint density at radius 1 is 1.13 bits per heavy atom. The van der Waals surface area contributed by atoms with Gasteiger partial charge < -0.3 is 0 Å². The molecule has 1 aromatic carbocycles. The number of halogens is 1. The van der Waals surface area contributed by atoms with E-state index in [-0.39, 0.29) is 5.92 Å². The fourth-order valence-electron chi connectivity index (χ4n) is 1.47. The van der Waals surface area contributed by atoms with Crippen LogP contribution in [0.4, 0.5) is 0 Å². The lowest BCUT2D eigenvalue weighted by molar-refractivity contribution is 0.822. The van der Waals surface area contributed by atoms with Crippen molar-refractivity contribution in [2.45, 2.75) is 12.8 Å². The Labute approximate surface area is 93.9 Å². The third-order valence-electron chi connectivity index (χ3n) is 2.41. The van der Waals surface area contributed by atoms with Gasteiger partial charge in [0.05, 0.1) is 5.69 Å². The Balaban J connectivity index is 2.29. The summed E-state index contributed by atoms with van der Waals surface area (Å²) in [4.78, 5) is 0. The number of rotatable bonds is 2. The molecule has 0 saturated heterocycles. The molecule has 0 spiro atoms. The van der Waals surface area contributed by atoms with Crippen LogP contribution in [-0.2, 0) is 0 Å². The van der Waals surface area contributed by atoms with E-state index < -0.39 is 0 Å². The maximum atomic E-state index is 5.83. The van der Waals surface area contributed by atoms with Gasteiger partial charge in [-0.25, -0.2) is 0 Å². The summed E-state index contributed by atoms with van der Waals surface area (Å²) in [6.45, 7) is 2.10. The maximum Gasteiger partial charge on any atom is 0.0703 e. The molecule has 0 aliphatic rings. The molecular formula is C12H11ClN2. The molecule has 0 amide bonds. The van der Waals surface area contributed by atoms with E-state index in [1.54, 1.807) is 6.20 Å². The number of nitrogens with zero attached hydrogens (tertiary/aromatic N) is 2. The van der Waals surface area contributed by atoms with E-state index in [0.29, 0.717) is 0 Å². The summed E-state index contributed by atoms with van der Waals surface area (Å²) in [5, 5.41) is 8.72. The second-order valence-electron chi connectivity index (χ2n) is 3.42. The van der Waals surface area contributed by atoms with Crippen molar-refractivity contribution in [3.63, 3.8) is 0 Å². The minimum absolute atomic E-state index is 0.246. The molecule has 0 N–H and O–H groups in total. The van der Waals surface area contributed by atoms with Gasteiger partial charge in [0, 0.05) is 17.1 Å². The van der Waals surface area contributed by atoms with Crippen LogP contribution in [0.5, 0.6) is 0 Å². The Hall–Kier alpha value is -1.41. The number of aromatic nitrogens is 2. The number of hydrogen-bond acceptors (Lipinski definition) is 2. The zero-order chi connectivity index (χ0) is 10.7. The Morgan fingerprint density at radius 2 is 1.87 bits per heavy atom. The van der Waals surface area contributed by atoms with Crippen molar-refractivity contribution in [1.82, 2.24) is 10.2 Å². The first kappa shape index (κ1) is 10.1. The Bertz CT molecular complexity index is 425. The average molecular weight is 219 g/mol. The van der Waals surface area contributed by atoms with Crippen molar-refractivity contribution < 1.29 is 0 Å². The molecular weight excluding hydrogens is 208 g/mol. The van der Waals surface area contributed by atoms with Gasteiger partial charge in [0.1, 0.15) is 0 Å². The van der Waals surface area contributed by atoms with Crippen LogP contribution < -0.4 is 0 Å². The normalized spacial score (nSPS) is 12.4. The van der Waals surface area contributed by atoms with Crippen molar-refractivity contribution >= 4 is 11.6 Å². The fraction of sp³-hybridized carbons (Fsp3) is 0.167. The molecule has 15 heavy (non-hydrogen) atoms. The first-order valence-electron chi connectivity index (χ1n) is 4.80. The van der Waals surface area contributed by atoms with Crippen LogP contribution in [0.15, 0.2) is 42.6 Å². The van der Waals surface area contributed by atoms with Gasteiger partial charge in [0.25, 0.3) is 0 Å². The highest BCUT2D eigenvalue weighted by Gasteiger charge is 2.09. The lowest BCUT2D eigenvalue weighted by atomic mass is 9.98. The second-order valence-corrected chi connectivity index (χ2v) is 3.86. The molecule has 2 aromatic rings. The SMILES string of the molecule is CC(c1ccc(Cl)cc1)c1cccnn1. The molecule has 2 nitrogen and oxygen atoms in total. The van der Waals surface area contributed by atoms with E-state index in [2.05, 4.69) is 17.1 Å². The molecule has 0 fully saturated rings. The minimum atomic E-state index is 0.246. The fourth-order valence-corrected chi connectivity index (χ4v) is 1.59. The highest BCUT2D eigenvalue weighted by Crippen LogP contribution is 2.22. The lowest BCUT2D eigenvalue weighted by Gasteiger charge is -2.10. The van der Waals surface area contributed by atoms with Gasteiger partial charge in [0.15, 0.2) is 0 Å². The summed E-state index contributed by atoms with van der Waals surface area (Å²) < 4.78 is 0. The molecule has 1 atom stereocenters. The Kier molecular flexibility index (Phi) is 2.97. The van der Waals surface area contributed by atoms with E-state index in [4.69, 9.17) is 11.6 Å². The molecule has 0 aliphatic heterocycles. The minimum Gasteiger partial charge on any atom is -0.159 e. The van der Waals surface area contributed by atoms with Crippen LogP contribution >= 0.6 is 11.6 Å². The Morgan fingerprint density at radius 3 is 2.47 bits per heavy atom. The third kappa shape index (κ3) is 2.34. The molecule has 0 bridgehead atoms. The third-order valence-corrected chi connectivity index (χ3v) is 2.66. The predicted molar refractivity (Wildman–Crippen MR) is 61.0 cm³/mol. The predicted octanol–water partition coefficient (Wildman–Crippen LogP) is 3.28. The highest BCUT2D eigenvalue weighted by atomic mass is 35.5. The second kappa shape index (κ2) is 4.41. The number of benzene rings is 1. The van der Waals surface area contributed by atoms with Crippen molar-refractivity contribution in [2.75, 3.05) is 0 Å². The van der Waals surface area contributed by atoms with Crippen LogP contribution in [-0.4, -0.2) is 10.2 Å². The summed E-state index contributed by atoms with van der Waals surface area (Å²) in [5.74, 6) is 0.246. The molecule has 1 unspecified atom stereocenters. The van der Waals surface area contributed by atoms with E-state index in [1.165, 1.54) is 5.56 Å². The monoisotopic (exact) mass is 218 g/mol. The van der Waals surface area contributed by atoms with Gasteiger partial charge in [-0.2, -0.15) is 10.2 Å². The largest absolute Gasteiger partial charge is 0.159 e. The van der Waals surface area contributed by atoms with Crippen molar-refractivity contribution in [1.29, 1.82) is 0 Å². The zero-order valence-electron chi connectivity index (χ0n) is 8.39. The van der Waals surface area contributed by atoms with Crippen LogP contribution in [0.25, 0.3) is 0 Å². The molecule has 3 heteroatoms. The summed E-state index contributed by atoms with van der Waals surface area (Å²) in [6, 6.07) is 11.7. The number of hydrogen-bond donors (Lipinski definition) is 0. The van der Waals surface area contributed by atoms with Crippen molar-refractivity contribution in [3.8, 4) is 0 Å². The quantitative estimate of drug-likeness (QED) is 0.773. The summed E-state index contributed by atoms with van der Waals surface area (Å²) in [7, 11) is 0. The maximum absolute atomic E-state index is 5.83. The van der Waals surface area contributed by atoms with Gasteiger partial charge in [-0.15, -0.1) is 0 Å². The van der Waals surface area contributed by atoms with Crippen molar-refractivity contribution in [3.05, 3.63) is 58.9 Å². The molecule has 0 aliphatic carbocycles. The van der Waals surface area contributed by atoms with E-state index >= 15 is 0 Å². The van der Waals surface area contributed by atoms with Gasteiger partial charge in [0.2, 0.25) is 0 Å². The van der Waals surface area contributed by atoms with Crippen LogP contribution in [0, 0.1) is 0 Å². The smallest absolute Gasteiger partial charge is 0.0703 e. The van der Waals surface area contributed by atoms with Gasteiger partial charge in [-0.05, 0) is 29.8 Å². The van der Waals surface area contributed by atoms with E-state index in [1.807, 2.05) is 36.4 Å². The molecule has 1 heterocycles. The first-order chi connectivity index (χ1) is 7.27. The summed E-state index contributed by atoms with van der Waals surface area (Å²) in [5.41, 5.74) is 2.17. The van der Waals surface area contributed by atoms with Gasteiger partial charge >= 0.3 is 0 Å². The highest BCUT2D eigenvalue weighted by molar-refractivity contribution is 6.30. The molecule has 0 radical (unpaired) electrons. The molecule has 2 rings (SSSR count). The summed E-state index contributed by atoms with van der Waals surface area (Å²) in [6.07, 6.45) is 1.68. The average Bonchev–Trinajstić information content (AvgIpc) is 2.30. The molecule has 76 valence electrons. The van der Waals surface area contributed by atoms with Crippen LogP contribution in [0.1, 0.15) is 24.1 Å². The standard InChI is InChI=1S/C12H11ClN2/c1-9(12-3-2-8-14-15-12)10-4-6-11(13)7-5-10/h2-9H,1H3. The zero-order valence-corrected chi connectivity index (χ0v) is 9.15. The topological polar surface area (TPSA) is 25.8 Å². The molecule has 0 saturated carbocycles. The first-order valence-corrected chi connectivity index (χ1v) is 5.18. The van der Waals surface area contributed by atoms with Crippen LogP contribution in [0.2, 0.25) is 5.02 Å².